The van der Waals surface area contributed by atoms with Gasteiger partial charge in [0.05, 0.1) is 0 Å². The fraction of sp³-hybridized carbons (Fsp3) is 0.643. The van der Waals surface area contributed by atoms with Gasteiger partial charge in [0, 0.05) is 23.0 Å². The van der Waals surface area contributed by atoms with Gasteiger partial charge in [-0.1, -0.05) is 13.3 Å². The third-order valence-electron chi connectivity index (χ3n) is 3.44. The van der Waals surface area contributed by atoms with Crippen LogP contribution >= 0.6 is 0 Å². The molecule has 2 heterocycles. The molecule has 0 aliphatic carbocycles. The number of aromatic nitrogens is 1. The maximum absolute atomic E-state index is 4.56. The highest BCUT2D eigenvalue weighted by Crippen LogP contribution is 2.40. The summed E-state index contributed by atoms with van der Waals surface area (Å²) < 4.78 is 0. The molecule has 0 fully saturated rings. The topological polar surface area (TPSA) is 24.9 Å². The Morgan fingerprint density at radius 2 is 1.75 bits per heavy atom. The highest BCUT2D eigenvalue weighted by Gasteiger charge is 2.41. The zero-order chi connectivity index (χ0) is 12.0. The molecule has 1 N–H and O–H groups in total. The van der Waals surface area contributed by atoms with Crippen molar-refractivity contribution >= 4 is 0 Å². The minimum absolute atomic E-state index is 0.0383. The molecule has 2 rings (SSSR count). The van der Waals surface area contributed by atoms with Crippen LogP contribution in [-0.4, -0.2) is 4.98 Å². The zero-order valence-corrected chi connectivity index (χ0v) is 11.0. The minimum Gasteiger partial charge on any atom is -0.299 e. The Labute approximate surface area is 98.5 Å². The lowest BCUT2D eigenvalue weighted by Gasteiger charge is -2.25. The first-order valence-electron chi connectivity index (χ1n) is 6.16. The van der Waals surface area contributed by atoms with E-state index in [0.29, 0.717) is 0 Å². The summed E-state index contributed by atoms with van der Waals surface area (Å²) in [5, 5.41) is 3.66. The third kappa shape index (κ3) is 1.75. The van der Waals surface area contributed by atoms with Crippen LogP contribution in [0.3, 0.4) is 0 Å². The second-order valence-corrected chi connectivity index (χ2v) is 5.85. The van der Waals surface area contributed by atoms with Crippen LogP contribution in [0.1, 0.15) is 57.9 Å². The van der Waals surface area contributed by atoms with Crippen molar-refractivity contribution in [2.24, 2.45) is 0 Å². The molecule has 0 atom stereocenters. The number of hydrogen-bond donors (Lipinski definition) is 1. The molecule has 0 saturated carbocycles. The van der Waals surface area contributed by atoms with Gasteiger partial charge in [-0.15, -0.1) is 0 Å². The van der Waals surface area contributed by atoms with E-state index in [0.717, 1.165) is 12.8 Å². The summed E-state index contributed by atoms with van der Waals surface area (Å²) in [6.07, 6.45) is 4.29. The average molecular weight is 218 g/mol. The van der Waals surface area contributed by atoms with Crippen LogP contribution < -0.4 is 5.32 Å². The lowest BCUT2D eigenvalue weighted by atomic mass is 9.91. The van der Waals surface area contributed by atoms with Crippen LogP contribution in [0, 0.1) is 0 Å². The normalized spacial score (nSPS) is 20.8. The minimum atomic E-state index is 0.0383. The molecular weight excluding hydrogens is 196 g/mol. The second-order valence-electron chi connectivity index (χ2n) is 5.85. The average Bonchev–Trinajstić information content (AvgIpc) is 2.33. The lowest BCUT2D eigenvalue weighted by molar-refractivity contribution is 0.319. The Balaban J connectivity index is 2.50. The molecule has 0 saturated heterocycles. The van der Waals surface area contributed by atoms with Crippen molar-refractivity contribution in [3.05, 3.63) is 29.1 Å². The van der Waals surface area contributed by atoms with E-state index < -0.39 is 0 Å². The number of pyridine rings is 1. The van der Waals surface area contributed by atoms with Crippen molar-refractivity contribution in [3.63, 3.8) is 0 Å². The van der Waals surface area contributed by atoms with Crippen molar-refractivity contribution in [2.75, 3.05) is 0 Å². The summed E-state index contributed by atoms with van der Waals surface area (Å²) in [4.78, 5) is 4.56. The van der Waals surface area contributed by atoms with Crippen molar-refractivity contribution < 1.29 is 0 Å². The second kappa shape index (κ2) is 3.56. The molecule has 0 bridgehead atoms. The van der Waals surface area contributed by atoms with Crippen molar-refractivity contribution in [2.45, 2.75) is 58.5 Å². The molecule has 1 aromatic heterocycles. The number of aryl methyl sites for hydroxylation is 1. The number of nitrogens with one attached hydrogen (secondary N) is 1. The smallest absolute Gasteiger partial charge is 0.0407 e. The van der Waals surface area contributed by atoms with E-state index >= 15 is 0 Å². The number of nitrogens with zero attached hydrogens (tertiary/aromatic N) is 1. The molecule has 2 heteroatoms. The van der Waals surface area contributed by atoms with Crippen LogP contribution in [-0.2, 0) is 17.5 Å². The molecule has 0 amide bonds. The Morgan fingerprint density at radius 3 is 2.38 bits per heavy atom. The quantitative estimate of drug-likeness (QED) is 0.825. The van der Waals surface area contributed by atoms with Crippen LogP contribution in [0.2, 0.25) is 0 Å². The van der Waals surface area contributed by atoms with Gasteiger partial charge >= 0.3 is 0 Å². The van der Waals surface area contributed by atoms with E-state index in [1.165, 1.54) is 16.8 Å². The van der Waals surface area contributed by atoms with Gasteiger partial charge in [0.25, 0.3) is 0 Å². The first-order chi connectivity index (χ1) is 7.37. The largest absolute Gasteiger partial charge is 0.299 e. The third-order valence-corrected chi connectivity index (χ3v) is 3.44. The predicted octanol–water partition coefficient (Wildman–Crippen LogP) is 3.11. The van der Waals surface area contributed by atoms with Crippen LogP contribution in [0.5, 0.6) is 0 Å². The van der Waals surface area contributed by atoms with Gasteiger partial charge in [-0.3, -0.25) is 10.3 Å². The van der Waals surface area contributed by atoms with E-state index in [9.17, 15) is 0 Å². The van der Waals surface area contributed by atoms with Gasteiger partial charge in [-0.05, 0) is 51.3 Å². The molecule has 1 aromatic rings. The lowest BCUT2D eigenvalue weighted by Crippen LogP contribution is -2.39. The molecule has 88 valence electrons. The van der Waals surface area contributed by atoms with E-state index in [-0.39, 0.29) is 11.1 Å². The summed E-state index contributed by atoms with van der Waals surface area (Å²) in [5.74, 6) is 0. The van der Waals surface area contributed by atoms with Crippen molar-refractivity contribution in [1.82, 2.24) is 10.3 Å². The van der Waals surface area contributed by atoms with Gasteiger partial charge in [0.15, 0.2) is 0 Å². The molecule has 0 aromatic carbocycles. The maximum atomic E-state index is 4.56. The van der Waals surface area contributed by atoms with Crippen molar-refractivity contribution in [3.8, 4) is 0 Å². The van der Waals surface area contributed by atoms with Gasteiger partial charge in [-0.25, -0.2) is 0 Å². The Bertz CT molecular complexity index is 405. The fourth-order valence-corrected chi connectivity index (χ4v) is 2.82. The van der Waals surface area contributed by atoms with Crippen LogP contribution in [0.25, 0.3) is 0 Å². The van der Waals surface area contributed by atoms with E-state index in [1.807, 2.05) is 0 Å². The number of fused-ring (bicyclic) bond motifs is 1. The molecule has 0 spiro atoms. The highest BCUT2D eigenvalue weighted by atomic mass is 15.1. The SMILES string of the molecule is CCCc1cc2c(cn1)C(C)(C)NC2(C)C. The monoisotopic (exact) mass is 218 g/mol. The highest BCUT2D eigenvalue weighted by molar-refractivity contribution is 5.42. The Kier molecular flexibility index (Phi) is 2.58. The summed E-state index contributed by atoms with van der Waals surface area (Å²) in [7, 11) is 0. The van der Waals surface area contributed by atoms with E-state index in [1.54, 1.807) is 0 Å². The van der Waals surface area contributed by atoms with Gasteiger partial charge < -0.3 is 0 Å². The summed E-state index contributed by atoms with van der Waals surface area (Å²) in [5.41, 5.74) is 4.07. The first kappa shape index (κ1) is 11.6. The molecule has 0 unspecified atom stereocenters. The summed E-state index contributed by atoms with van der Waals surface area (Å²) >= 11 is 0. The first-order valence-corrected chi connectivity index (χ1v) is 6.16. The summed E-state index contributed by atoms with van der Waals surface area (Å²) in [6, 6.07) is 2.28. The predicted molar refractivity (Wildman–Crippen MR) is 67.4 cm³/mol. The molecule has 1 aliphatic rings. The van der Waals surface area contributed by atoms with Crippen molar-refractivity contribution in [1.29, 1.82) is 0 Å². The molecule has 16 heavy (non-hydrogen) atoms. The standard InChI is InChI=1S/C14H22N2/c1-6-7-10-8-11-12(9-15-10)14(4,5)16-13(11,2)3/h8-9,16H,6-7H2,1-5H3. The molecule has 0 radical (unpaired) electrons. The number of hydrogen-bond acceptors (Lipinski definition) is 2. The Morgan fingerprint density at radius 1 is 1.12 bits per heavy atom. The molecular formula is C14H22N2. The van der Waals surface area contributed by atoms with Gasteiger partial charge in [0.2, 0.25) is 0 Å². The summed E-state index contributed by atoms with van der Waals surface area (Å²) in [6.45, 7) is 11.1. The number of rotatable bonds is 2. The zero-order valence-electron chi connectivity index (χ0n) is 11.0. The van der Waals surface area contributed by atoms with Crippen LogP contribution in [0.4, 0.5) is 0 Å². The molecule has 1 aliphatic heterocycles. The van der Waals surface area contributed by atoms with E-state index in [2.05, 4.69) is 57.2 Å². The van der Waals surface area contributed by atoms with Gasteiger partial charge in [-0.2, -0.15) is 0 Å². The van der Waals surface area contributed by atoms with Crippen LogP contribution in [0.15, 0.2) is 12.3 Å². The Hall–Kier alpha value is -0.890. The fourth-order valence-electron chi connectivity index (χ4n) is 2.82. The maximum Gasteiger partial charge on any atom is 0.0407 e. The van der Waals surface area contributed by atoms with Gasteiger partial charge in [0.1, 0.15) is 0 Å². The van der Waals surface area contributed by atoms with E-state index in [4.69, 9.17) is 0 Å². The molecule has 2 nitrogen and oxygen atoms in total.